The number of anilines is 1. The molecule has 1 aliphatic rings. The Labute approximate surface area is 76.6 Å². The Balaban J connectivity index is 2.62. The zero-order valence-electron chi connectivity index (χ0n) is 7.76. The third-order valence-corrected chi connectivity index (χ3v) is 2.22. The maximum absolute atomic E-state index is 7.74. The van der Waals surface area contributed by atoms with Crippen LogP contribution in [0.15, 0.2) is 11.6 Å². The molecule has 0 aromatic carbocycles. The first-order chi connectivity index (χ1) is 6.09. The minimum Gasteiger partial charge on any atom is -0.395 e. The molecular weight excluding hydrogens is 164 g/mol. The van der Waals surface area contributed by atoms with Gasteiger partial charge in [0.05, 0.1) is 23.6 Å². The van der Waals surface area contributed by atoms with Crippen LogP contribution in [0.4, 0.5) is 5.69 Å². The van der Waals surface area contributed by atoms with E-state index in [1.807, 2.05) is 19.9 Å². The Morgan fingerprint density at radius 1 is 1.54 bits per heavy atom. The summed E-state index contributed by atoms with van der Waals surface area (Å²) >= 11 is 0. The molecule has 3 N–H and O–H groups in total. The summed E-state index contributed by atoms with van der Waals surface area (Å²) < 4.78 is 1.79. The molecule has 0 fully saturated rings. The summed E-state index contributed by atoms with van der Waals surface area (Å²) in [4.78, 5) is 0. The van der Waals surface area contributed by atoms with E-state index in [1.165, 1.54) is 0 Å². The van der Waals surface area contributed by atoms with Crippen LogP contribution in [0, 0.1) is 12.3 Å². The van der Waals surface area contributed by atoms with Crippen molar-refractivity contribution in [1.29, 1.82) is 5.41 Å². The molecule has 0 bridgehead atoms. The molecule has 1 aromatic rings. The van der Waals surface area contributed by atoms with Crippen LogP contribution >= 0.6 is 0 Å². The van der Waals surface area contributed by atoms with Crippen molar-refractivity contribution in [1.82, 2.24) is 9.78 Å². The van der Waals surface area contributed by atoms with Crippen molar-refractivity contribution < 1.29 is 0 Å². The summed E-state index contributed by atoms with van der Waals surface area (Å²) in [6.07, 6.45) is 1.84. The molecule has 1 aromatic heterocycles. The molecule has 2 rings (SSSR count). The van der Waals surface area contributed by atoms with Gasteiger partial charge < -0.3 is 5.73 Å². The van der Waals surface area contributed by atoms with Crippen LogP contribution in [0.2, 0.25) is 0 Å². The smallest absolute Gasteiger partial charge is 0.110 e. The molecule has 0 saturated heterocycles. The van der Waals surface area contributed by atoms with Crippen molar-refractivity contribution in [3.05, 3.63) is 23.0 Å². The molecule has 68 valence electrons. The van der Waals surface area contributed by atoms with E-state index in [4.69, 9.17) is 11.1 Å². The van der Waals surface area contributed by atoms with Gasteiger partial charge in [-0.15, -0.1) is 0 Å². The van der Waals surface area contributed by atoms with Crippen molar-refractivity contribution in [3.63, 3.8) is 0 Å². The lowest BCUT2D eigenvalue weighted by molar-refractivity contribution is 0.658. The fourth-order valence-corrected chi connectivity index (χ4v) is 1.59. The topological polar surface area (TPSA) is 67.7 Å². The van der Waals surface area contributed by atoms with Crippen LogP contribution in [0.5, 0.6) is 0 Å². The van der Waals surface area contributed by atoms with Crippen LogP contribution in [-0.4, -0.2) is 15.5 Å². The normalized spacial score (nSPS) is 15.5. The first kappa shape index (κ1) is 8.04. The predicted octanol–water partition coefficient (Wildman–Crippen LogP) is 1.10. The van der Waals surface area contributed by atoms with Crippen molar-refractivity contribution >= 4 is 11.4 Å². The lowest BCUT2D eigenvalue weighted by Crippen LogP contribution is -2.16. The molecule has 0 atom stereocenters. The van der Waals surface area contributed by atoms with Crippen molar-refractivity contribution in [2.45, 2.75) is 20.4 Å². The zero-order valence-corrected chi connectivity index (χ0v) is 7.76. The van der Waals surface area contributed by atoms with Crippen LogP contribution in [0.3, 0.4) is 0 Å². The second kappa shape index (κ2) is 2.45. The fraction of sp³-hybridized carbons (Fsp3) is 0.333. The number of aromatic nitrogens is 2. The maximum atomic E-state index is 7.74. The third kappa shape index (κ3) is 1.06. The molecule has 0 saturated carbocycles. The van der Waals surface area contributed by atoms with Gasteiger partial charge in [0.15, 0.2) is 0 Å². The highest BCUT2D eigenvalue weighted by molar-refractivity contribution is 6.09. The molecule has 0 unspecified atom stereocenters. The standard InChI is InChI=1S/C9H12N4/c1-5-3-7(10)9-8(11)6(2)12-13(9)4-5/h3,10H,4,11H2,1-2H3. The largest absolute Gasteiger partial charge is 0.395 e. The Hall–Kier alpha value is -1.58. The van der Waals surface area contributed by atoms with Crippen molar-refractivity contribution in [2.24, 2.45) is 0 Å². The molecule has 0 radical (unpaired) electrons. The van der Waals surface area contributed by atoms with Gasteiger partial charge in [0.2, 0.25) is 0 Å². The van der Waals surface area contributed by atoms with Gasteiger partial charge in [-0.3, -0.25) is 10.1 Å². The molecule has 1 aliphatic heterocycles. The monoisotopic (exact) mass is 176 g/mol. The van der Waals surface area contributed by atoms with Gasteiger partial charge in [-0.2, -0.15) is 5.10 Å². The van der Waals surface area contributed by atoms with E-state index in [0.717, 1.165) is 23.5 Å². The number of rotatable bonds is 0. The summed E-state index contributed by atoms with van der Waals surface area (Å²) in [5, 5.41) is 12.0. The quantitative estimate of drug-likeness (QED) is 0.621. The van der Waals surface area contributed by atoms with Gasteiger partial charge in [-0.25, -0.2) is 0 Å². The number of nitrogens with zero attached hydrogens (tertiary/aromatic N) is 2. The summed E-state index contributed by atoms with van der Waals surface area (Å²) in [5.41, 5.74) is 9.60. The van der Waals surface area contributed by atoms with Gasteiger partial charge in [0, 0.05) is 0 Å². The van der Waals surface area contributed by atoms with Crippen molar-refractivity contribution in [2.75, 3.05) is 5.73 Å². The molecule has 4 nitrogen and oxygen atoms in total. The average molecular weight is 176 g/mol. The highest BCUT2D eigenvalue weighted by Crippen LogP contribution is 2.22. The van der Waals surface area contributed by atoms with Gasteiger partial charge in [0.1, 0.15) is 5.69 Å². The summed E-state index contributed by atoms with van der Waals surface area (Å²) in [7, 11) is 0. The van der Waals surface area contributed by atoms with E-state index in [2.05, 4.69) is 5.10 Å². The summed E-state index contributed by atoms with van der Waals surface area (Å²) in [5.74, 6) is 0. The average Bonchev–Trinajstić information content (AvgIpc) is 2.27. The third-order valence-electron chi connectivity index (χ3n) is 2.22. The zero-order chi connectivity index (χ0) is 9.59. The molecule has 13 heavy (non-hydrogen) atoms. The van der Waals surface area contributed by atoms with E-state index < -0.39 is 0 Å². The van der Waals surface area contributed by atoms with Gasteiger partial charge in [-0.1, -0.05) is 0 Å². The second-order valence-corrected chi connectivity index (χ2v) is 3.41. The number of nitrogen functional groups attached to an aromatic ring is 1. The first-order valence-electron chi connectivity index (χ1n) is 4.18. The number of aryl methyl sites for hydroxylation is 1. The lowest BCUT2D eigenvalue weighted by Gasteiger charge is -2.13. The Bertz CT molecular complexity index is 411. The number of fused-ring (bicyclic) bond motifs is 1. The number of nitrogens with one attached hydrogen (secondary N) is 1. The van der Waals surface area contributed by atoms with Crippen LogP contribution in [-0.2, 0) is 6.54 Å². The highest BCUT2D eigenvalue weighted by atomic mass is 15.3. The maximum Gasteiger partial charge on any atom is 0.110 e. The Morgan fingerprint density at radius 3 is 2.92 bits per heavy atom. The number of nitrogens with two attached hydrogens (primary N) is 1. The molecule has 2 heterocycles. The highest BCUT2D eigenvalue weighted by Gasteiger charge is 2.19. The SMILES string of the molecule is CC1=CC(=N)c2c(N)c(C)nn2C1. The number of hydrogen-bond acceptors (Lipinski definition) is 3. The van der Waals surface area contributed by atoms with Crippen LogP contribution in [0.1, 0.15) is 18.3 Å². The summed E-state index contributed by atoms with van der Waals surface area (Å²) in [6.45, 7) is 4.60. The number of allylic oxidation sites excluding steroid dienone is 2. The van der Waals surface area contributed by atoms with Crippen molar-refractivity contribution in [3.8, 4) is 0 Å². The van der Waals surface area contributed by atoms with E-state index in [-0.39, 0.29) is 0 Å². The molecule has 0 spiro atoms. The minimum absolute atomic E-state index is 0.460. The summed E-state index contributed by atoms with van der Waals surface area (Å²) in [6, 6.07) is 0. The molecular formula is C9H12N4. The van der Waals surface area contributed by atoms with E-state index in [9.17, 15) is 0 Å². The van der Waals surface area contributed by atoms with Gasteiger partial charge in [-0.05, 0) is 25.5 Å². The van der Waals surface area contributed by atoms with Crippen LogP contribution in [0.25, 0.3) is 0 Å². The first-order valence-corrected chi connectivity index (χ1v) is 4.18. The predicted molar refractivity (Wildman–Crippen MR) is 52.0 cm³/mol. The Kier molecular flexibility index (Phi) is 1.52. The Morgan fingerprint density at radius 2 is 2.23 bits per heavy atom. The van der Waals surface area contributed by atoms with E-state index in [0.29, 0.717) is 11.4 Å². The minimum atomic E-state index is 0.460. The fourth-order valence-electron chi connectivity index (χ4n) is 1.59. The molecule has 0 amide bonds. The molecule has 4 heteroatoms. The second-order valence-electron chi connectivity index (χ2n) is 3.41. The lowest BCUT2D eigenvalue weighted by atomic mass is 10.1. The number of hydrogen-bond donors (Lipinski definition) is 2. The van der Waals surface area contributed by atoms with E-state index in [1.54, 1.807) is 4.68 Å². The molecule has 0 aliphatic carbocycles. The van der Waals surface area contributed by atoms with Gasteiger partial charge in [0.25, 0.3) is 0 Å². The van der Waals surface area contributed by atoms with Gasteiger partial charge >= 0.3 is 0 Å². The van der Waals surface area contributed by atoms with Crippen LogP contribution < -0.4 is 5.73 Å². The van der Waals surface area contributed by atoms with E-state index >= 15 is 0 Å².